The molecule has 0 spiro atoms. The van der Waals surface area contributed by atoms with Crippen LogP contribution >= 0.6 is 0 Å². The van der Waals surface area contributed by atoms with Gasteiger partial charge in [-0.1, -0.05) is 17.7 Å². The summed E-state index contributed by atoms with van der Waals surface area (Å²) in [5.74, 6) is -0.323. The highest BCUT2D eigenvalue weighted by Crippen LogP contribution is 2.22. The third kappa shape index (κ3) is 3.71. The molecule has 0 aliphatic carbocycles. The minimum atomic E-state index is -0.532. The fraction of sp³-hybridized carbons (Fsp3) is 0.389. The number of aromatic nitrogens is 2. The largest absolute Gasteiger partial charge is 0.376 e. The molecule has 1 amide bonds. The Labute approximate surface area is 140 Å². The zero-order valence-corrected chi connectivity index (χ0v) is 13.9. The average molecular weight is 327 g/mol. The Bertz CT molecular complexity index is 807. The van der Waals surface area contributed by atoms with Crippen molar-refractivity contribution in [1.82, 2.24) is 15.3 Å². The highest BCUT2D eigenvalue weighted by Gasteiger charge is 2.18. The number of nitrogens with zero attached hydrogens (tertiary/aromatic N) is 1. The van der Waals surface area contributed by atoms with E-state index in [1.807, 2.05) is 32.0 Å². The van der Waals surface area contributed by atoms with Crippen LogP contribution in [0, 0.1) is 13.8 Å². The van der Waals surface area contributed by atoms with Gasteiger partial charge in [-0.05, 0) is 44.4 Å². The van der Waals surface area contributed by atoms with Crippen molar-refractivity contribution in [3.05, 3.63) is 51.6 Å². The second-order valence-electron chi connectivity index (χ2n) is 6.15. The maximum absolute atomic E-state index is 12.3. The minimum Gasteiger partial charge on any atom is -0.376 e. The van der Waals surface area contributed by atoms with Gasteiger partial charge in [-0.2, -0.15) is 4.98 Å². The Hall–Kier alpha value is -2.47. The van der Waals surface area contributed by atoms with E-state index >= 15 is 0 Å². The number of nitrogens with one attached hydrogen (secondary N) is 2. The molecule has 1 aromatic carbocycles. The molecular weight excluding hydrogens is 306 g/mol. The summed E-state index contributed by atoms with van der Waals surface area (Å²) in [4.78, 5) is 30.7. The van der Waals surface area contributed by atoms with Gasteiger partial charge in [0.2, 0.25) is 0 Å². The third-order valence-electron chi connectivity index (χ3n) is 4.17. The van der Waals surface area contributed by atoms with Gasteiger partial charge in [0.1, 0.15) is 5.69 Å². The molecule has 126 valence electrons. The summed E-state index contributed by atoms with van der Waals surface area (Å²) in [7, 11) is 0. The van der Waals surface area contributed by atoms with Crippen LogP contribution in [0.3, 0.4) is 0 Å². The molecule has 1 unspecified atom stereocenters. The summed E-state index contributed by atoms with van der Waals surface area (Å²) in [6, 6.07) is 7.56. The SMILES string of the molecule is Cc1ccc(C)c(-c2cc(C(=O)NCC3CCCO3)[nH]c(=O)n2)c1. The standard InChI is InChI=1S/C18H21N3O3/c1-11-5-6-12(2)14(8-11)15-9-16(21-18(23)20-15)17(22)19-10-13-4-3-7-24-13/h5-6,8-9,13H,3-4,7,10H2,1-2H3,(H,19,22)(H,20,21,23). The predicted molar refractivity (Wildman–Crippen MR) is 91.1 cm³/mol. The Morgan fingerprint density at radius 2 is 2.21 bits per heavy atom. The average Bonchev–Trinajstić information content (AvgIpc) is 3.07. The zero-order valence-electron chi connectivity index (χ0n) is 13.9. The number of benzene rings is 1. The zero-order chi connectivity index (χ0) is 17.1. The van der Waals surface area contributed by atoms with Crippen molar-refractivity contribution < 1.29 is 9.53 Å². The lowest BCUT2D eigenvalue weighted by Gasteiger charge is -2.11. The van der Waals surface area contributed by atoms with Gasteiger partial charge in [-0.15, -0.1) is 0 Å². The smallest absolute Gasteiger partial charge is 0.346 e. The number of rotatable bonds is 4. The van der Waals surface area contributed by atoms with Crippen LogP contribution in [0.5, 0.6) is 0 Å². The number of aromatic amines is 1. The summed E-state index contributed by atoms with van der Waals surface area (Å²) in [5.41, 5.74) is 3.11. The number of hydrogen-bond acceptors (Lipinski definition) is 4. The first-order valence-electron chi connectivity index (χ1n) is 8.12. The maximum atomic E-state index is 12.3. The van der Waals surface area contributed by atoms with E-state index in [0.717, 1.165) is 36.1 Å². The van der Waals surface area contributed by atoms with Gasteiger partial charge in [0.05, 0.1) is 11.8 Å². The van der Waals surface area contributed by atoms with E-state index in [2.05, 4.69) is 15.3 Å². The van der Waals surface area contributed by atoms with E-state index in [-0.39, 0.29) is 17.7 Å². The Morgan fingerprint density at radius 1 is 1.38 bits per heavy atom. The first-order chi connectivity index (χ1) is 11.5. The van der Waals surface area contributed by atoms with Crippen LogP contribution in [-0.4, -0.2) is 35.1 Å². The van der Waals surface area contributed by atoms with Gasteiger partial charge in [0, 0.05) is 18.7 Å². The predicted octanol–water partition coefficient (Wildman–Crippen LogP) is 1.96. The normalized spacial score (nSPS) is 17.0. The first-order valence-corrected chi connectivity index (χ1v) is 8.12. The Morgan fingerprint density at radius 3 is 2.96 bits per heavy atom. The topological polar surface area (TPSA) is 84.1 Å². The molecule has 1 aliphatic rings. The lowest BCUT2D eigenvalue weighted by molar-refractivity contribution is 0.0853. The number of carbonyl (C=O) groups excluding carboxylic acids is 1. The van der Waals surface area contributed by atoms with Gasteiger partial charge in [0.15, 0.2) is 0 Å². The van der Waals surface area contributed by atoms with Crippen molar-refractivity contribution >= 4 is 5.91 Å². The molecule has 2 N–H and O–H groups in total. The number of aryl methyl sites for hydroxylation is 2. The fourth-order valence-corrected chi connectivity index (χ4v) is 2.84. The van der Waals surface area contributed by atoms with Crippen molar-refractivity contribution in [3.8, 4) is 11.3 Å². The van der Waals surface area contributed by atoms with E-state index < -0.39 is 5.69 Å². The number of carbonyl (C=O) groups is 1. The molecule has 0 radical (unpaired) electrons. The molecule has 6 heteroatoms. The number of ether oxygens (including phenoxy) is 1. The molecule has 0 bridgehead atoms. The van der Waals surface area contributed by atoms with Crippen molar-refractivity contribution in [2.75, 3.05) is 13.2 Å². The molecule has 1 atom stereocenters. The van der Waals surface area contributed by atoms with Crippen molar-refractivity contribution in [2.45, 2.75) is 32.8 Å². The van der Waals surface area contributed by atoms with E-state index in [0.29, 0.717) is 12.2 Å². The second kappa shape index (κ2) is 6.97. The highest BCUT2D eigenvalue weighted by atomic mass is 16.5. The van der Waals surface area contributed by atoms with Gasteiger partial charge < -0.3 is 15.0 Å². The summed E-state index contributed by atoms with van der Waals surface area (Å²) in [6.45, 7) is 5.12. The van der Waals surface area contributed by atoms with Gasteiger partial charge in [-0.3, -0.25) is 4.79 Å². The highest BCUT2D eigenvalue weighted by molar-refractivity contribution is 5.93. The quantitative estimate of drug-likeness (QED) is 0.899. The van der Waals surface area contributed by atoms with Crippen LogP contribution < -0.4 is 11.0 Å². The summed E-state index contributed by atoms with van der Waals surface area (Å²) in [5, 5.41) is 2.81. The van der Waals surface area contributed by atoms with Crippen LogP contribution in [0.15, 0.2) is 29.1 Å². The summed E-state index contributed by atoms with van der Waals surface area (Å²) < 4.78 is 5.49. The molecule has 2 aromatic rings. The van der Waals surface area contributed by atoms with Crippen molar-refractivity contribution in [2.24, 2.45) is 0 Å². The van der Waals surface area contributed by atoms with Gasteiger partial charge in [0.25, 0.3) is 5.91 Å². The van der Waals surface area contributed by atoms with Crippen LogP contribution in [0.4, 0.5) is 0 Å². The molecule has 2 heterocycles. The third-order valence-corrected chi connectivity index (χ3v) is 4.17. The Balaban J connectivity index is 1.84. The van der Waals surface area contributed by atoms with Crippen LogP contribution in [0.25, 0.3) is 11.3 Å². The van der Waals surface area contributed by atoms with Gasteiger partial charge in [-0.25, -0.2) is 4.79 Å². The molecular formula is C18H21N3O3. The second-order valence-corrected chi connectivity index (χ2v) is 6.15. The van der Waals surface area contributed by atoms with Crippen molar-refractivity contribution in [1.29, 1.82) is 0 Å². The molecule has 1 aliphatic heterocycles. The fourth-order valence-electron chi connectivity index (χ4n) is 2.84. The molecule has 1 fully saturated rings. The maximum Gasteiger partial charge on any atom is 0.346 e. The number of amides is 1. The summed E-state index contributed by atoms with van der Waals surface area (Å²) in [6.07, 6.45) is 2.02. The van der Waals surface area contributed by atoms with Gasteiger partial charge >= 0.3 is 5.69 Å². The Kier molecular flexibility index (Phi) is 4.76. The molecule has 6 nitrogen and oxygen atoms in total. The lowest BCUT2D eigenvalue weighted by atomic mass is 10.0. The van der Waals surface area contributed by atoms with E-state index in [4.69, 9.17) is 4.74 Å². The monoisotopic (exact) mass is 327 g/mol. The molecule has 3 rings (SSSR count). The number of H-pyrrole nitrogens is 1. The van der Waals surface area contributed by atoms with E-state index in [9.17, 15) is 9.59 Å². The molecule has 24 heavy (non-hydrogen) atoms. The van der Waals surface area contributed by atoms with Crippen LogP contribution in [-0.2, 0) is 4.74 Å². The molecule has 1 aromatic heterocycles. The molecule has 1 saturated heterocycles. The van der Waals surface area contributed by atoms with E-state index in [1.54, 1.807) is 6.07 Å². The van der Waals surface area contributed by atoms with Crippen molar-refractivity contribution in [3.63, 3.8) is 0 Å². The van der Waals surface area contributed by atoms with Crippen LogP contribution in [0.2, 0.25) is 0 Å². The van der Waals surface area contributed by atoms with E-state index in [1.165, 1.54) is 0 Å². The lowest BCUT2D eigenvalue weighted by Crippen LogP contribution is -2.33. The summed E-state index contributed by atoms with van der Waals surface area (Å²) >= 11 is 0. The molecule has 0 saturated carbocycles. The van der Waals surface area contributed by atoms with Crippen LogP contribution in [0.1, 0.15) is 34.5 Å². The first kappa shape index (κ1) is 16.4. The minimum absolute atomic E-state index is 0.0565. The number of hydrogen-bond donors (Lipinski definition) is 2.